The Morgan fingerprint density at radius 2 is 2.03 bits per heavy atom. The summed E-state index contributed by atoms with van der Waals surface area (Å²) in [4.78, 5) is 21.6. The number of allylic oxidation sites excluding steroid dienone is 2. The van der Waals surface area contributed by atoms with E-state index in [1.54, 1.807) is 19.5 Å². The number of benzene rings is 1. The number of nitrogens with one attached hydrogen (secondary N) is 2. The molecule has 3 N–H and O–H groups in total. The van der Waals surface area contributed by atoms with Crippen molar-refractivity contribution in [3.05, 3.63) is 52.9 Å². The van der Waals surface area contributed by atoms with Gasteiger partial charge in [-0.15, -0.1) is 0 Å². The fourth-order valence-electron chi connectivity index (χ4n) is 4.48. The SMILES string of the molecule is CCCCC(CC)N=CC(=C(C)C)N(O)NC(=O)Nc1ccc(-c2ccnc(OC)c2)c2c1CCC2. The molecule has 0 spiro atoms. The molecule has 8 heteroatoms. The number of anilines is 1. The van der Waals surface area contributed by atoms with Crippen LogP contribution >= 0.6 is 0 Å². The summed E-state index contributed by atoms with van der Waals surface area (Å²) in [5.74, 6) is 0.568. The predicted octanol–water partition coefficient (Wildman–Crippen LogP) is 6.31. The first kappa shape index (κ1) is 27.2. The molecule has 0 aliphatic heterocycles. The largest absolute Gasteiger partial charge is 0.481 e. The number of ether oxygens (including phenoxy) is 1. The maximum Gasteiger partial charge on any atom is 0.339 e. The van der Waals surface area contributed by atoms with E-state index in [1.807, 2.05) is 38.1 Å². The number of unbranched alkanes of at least 4 members (excludes halogenated alkanes) is 1. The Morgan fingerprint density at radius 1 is 1.25 bits per heavy atom. The number of nitrogens with zero attached hydrogens (tertiary/aromatic N) is 3. The number of fused-ring (bicyclic) bond motifs is 1. The van der Waals surface area contributed by atoms with Gasteiger partial charge in [0.05, 0.1) is 7.11 Å². The highest BCUT2D eigenvalue weighted by atomic mass is 16.5. The smallest absolute Gasteiger partial charge is 0.339 e. The molecule has 8 nitrogen and oxygen atoms in total. The second-order valence-electron chi connectivity index (χ2n) is 9.30. The molecule has 1 unspecified atom stereocenters. The summed E-state index contributed by atoms with van der Waals surface area (Å²) in [6.45, 7) is 8.01. The van der Waals surface area contributed by atoms with Crippen LogP contribution in [0.4, 0.5) is 10.5 Å². The fourth-order valence-corrected chi connectivity index (χ4v) is 4.48. The van der Waals surface area contributed by atoms with Crippen molar-refractivity contribution in [2.75, 3.05) is 12.4 Å². The Balaban J connectivity index is 1.73. The van der Waals surface area contributed by atoms with Crippen molar-refractivity contribution in [3.8, 4) is 17.0 Å². The quantitative estimate of drug-likeness (QED) is 0.252. The Morgan fingerprint density at radius 3 is 2.72 bits per heavy atom. The van der Waals surface area contributed by atoms with E-state index in [4.69, 9.17) is 4.74 Å². The average Bonchev–Trinajstić information content (AvgIpc) is 3.36. The minimum absolute atomic E-state index is 0.197. The Labute approximate surface area is 214 Å². The number of methoxy groups -OCH3 is 1. The van der Waals surface area contributed by atoms with E-state index in [0.717, 1.165) is 78.1 Å². The Hall–Kier alpha value is -3.39. The summed E-state index contributed by atoms with van der Waals surface area (Å²) < 4.78 is 5.28. The topological polar surface area (TPSA) is 99.1 Å². The molecule has 0 radical (unpaired) electrons. The lowest BCUT2D eigenvalue weighted by atomic mass is 9.96. The molecule has 194 valence electrons. The van der Waals surface area contributed by atoms with E-state index >= 15 is 0 Å². The highest BCUT2D eigenvalue weighted by Crippen LogP contribution is 2.37. The van der Waals surface area contributed by atoms with Gasteiger partial charge < -0.3 is 10.1 Å². The zero-order valence-corrected chi connectivity index (χ0v) is 22.1. The average molecular weight is 494 g/mol. The predicted molar refractivity (Wildman–Crippen MR) is 144 cm³/mol. The summed E-state index contributed by atoms with van der Waals surface area (Å²) in [6.07, 6.45) is 10.4. The van der Waals surface area contributed by atoms with Gasteiger partial charge in [0, 0.05) is 30.2 Å². The van der Waals surface area contributed by atoms with Crippen molar-refractivity contribution in [3.63, 3.8) is 0 Å². The second kappa shape index (κ2) is 13.1. The molecule has 0 fully saturated rings. The van der Waals surface area contributed by atoms with Gasteiger partial charge in [-0.1, -0.05) is 32.8 Å². The van der Waals surface area contributed by atoms with Gasteiger partial charge in [-0.2, -0.15) is 5.17 Å². The fraction of sp³-hybridized carbons (Fsp3) is 0.464. The number of pyridine rings is 1. The third-order valence-electron chi connectivity index (χ3n) is 6.51. The first-order chi connectivity index (χ1) is 17.4. The van der Waals surface area contributed by atoms with Crippen LogP contribution in [0.25, 0.3) is 11.1 Å². The van der Waals surface area contributed by atoms with Crippen LogP contribution in [-0.2, 0) is 12.8 Å². The summed E-state index contributed by atoms with van der Waals surface area (Å²) in [5, 5.41) is 14.3. The summed E-state index contributed by atoms with van der Waals surface area (Å²) >= 11 is 0. The molecule has 0 saturated carbocycles. The molecule has 0 saturated heterocycles. The summed E-state index contributed by atoms with van der Waals surface area (Å²) in [5.41, 5.74) is 9.04. The lowest BCUT2D eigenvalue weighted by Gasteiger charge is -2.21. The van der Waals surface area contributed by atoms with Crippen molar-refractivity contribution in [1.82, 2.24) is 15.6 Å². The molecular formula is C28H39N5O3. The number of aromatic nitrogens is 1. The van der Waals surface area contributed by atoms with Crippen LogP contribution < -0.4 is 15.5 Å². The van der Waals surface area contributed by atoms with Crippen LogP contribution in [0.15, 0.2) is 46.7 Å². The van der Waals surface area contributed by atoms with Crippen molar-refractivity contribution in [2.45, 2.75) is 78.7 Å². The minimum Gasteiger partial charge on any atom is -0.481 e. The van der Waals surface area contributed by atoms with Crippen LogP contribution in [0.5, 0.6) is 5.88 Å². The molecule has 1 heterocycles. The molecule has 1 aromatic carbocycles. The van der Waals surface area contributed by atoms with Gasteiger partial charge in [0.2, 0.25) is 5.88 Å². The number of hydrogen-bond acceptors (Lipinski definition) is 6. The first-order valence-corrected chi connectivity index (χ1v) is 12.8. The van der Waals surface area contributed by atoms with E-state index in [0.29, 0.717) is 11.6 Å². The van der Waals surface area contributed by atoms with Gasteiger partial charge in [-0.3, -0.25) is 10.2 Å². The third kappa shape index (κ3) is 6.85. The molecule has 3 rings (SSSR count). The van der Waals surface area contributed by atoms with E-state index < -0.39 is 6.03 Å². The third-order valence-corrected chi connectivity index (χ3v) is 6.51. The Bertz CT molecular complexity index is 1110. The van der Waals surface area contributed by atoms with E-state index in [2.05, 4.69) is 34.6 Å². The molecule has 0 bridgehead atoms. The number of urea groups is 1. The number of aliphatic imine (C=N–C) groups is 1. The highest BCUT2D eigenvalue weighted by Gasteiger charge is 2.21. The molecule has 36 heavy (non-hydrogen) atoms. The van der Waals surface area contributed by atoms with Crippen molar-refractivity contribution >= 4 is 17.9 Å². The molecular weight excluding hydrogens is 454 g/mol. The van der Waals surface area contributed by atoms with Gasteiger partial charge in [-0.05, 0) is 85.9 Å². The number of hydrazine groups is 1. The number of hydroxylamine groups is 1. The summed E-state index contributed by atoms with van der Waals surface area (Å²) in [6, 6.07) is 7.49. The van der Waals surface area contributed by atoms with Crippen LogP contribution in [0, 0.1) is 0 Å². The number of carbonyl (C=O) groups is 1. The van der Waals surface area contributed by atoms with Gasteiger partial charge in [0.25, 0.3) is 0 Å². The highest BCUT2D eigenvalue weighted by molar-refractivity contribution is 5.91. The zero-order chi connectivity index (χ0) is 26.1. The lowest BCUT2D eigenvalue weighted by Crippen LogP contribution is -2.42. The zero-order valence-electron chi connectivity index (χ0n) is 22.1. The standard InChI is InChI=1S/C28H39N5O3/c1-6-8-10-21(7-2)30-18-26(19(3)4)33(35)32-28(34)31-25-14-13-22(23-11-9-12-24(23)25)20-15-16-29-27(17-20)36-5/h13-18,21,35H,6-12H2,1-5H3,(H2,31,32,34). The molecule has 1 atom stereocenters. The van der Waals surface area contributed by atoms with Crippen LogP contribution in [0.2, 0.25) is 0 Å². The Kier molecular flexibility index (Phi) is 9.87. The van der Waals surface area contributed by atoms with E-state index in [9.17, 15) is 10.0 Å². The second-order valence-corrected chi connectivity index (χ2v) is 9.30. The van der Waals surface area contributed by atoms with Gasteiger partial charge in [0.15, 0.2) is 0 Å². The minimum atomic E-state index is -0.518. The van der Waals surface area contributed by atoms with Crippen LogP contribution in [0.3, 0.4) is 0 Å². The molecule has 1 aliphatic rings. The maximum atomic E-state index is 12.8. The monoisotopic (exact) mass is 493 g/mol. The molecule has 2 aromatic rings. The number of rotatable bonds is 11. The van der Waals surface area contributed by atoms with E-state index in [-0.39, 0.29) is 6.04 Å². The summed E-state index contributed by atoms with van der Waals surface area (Å²) in [7, 11) is 1.60. The lowest BCUT2D eigenvalue weighted by molar-refractivity contribution is -0.0806. The van der Waals surface area contributed by atoms with Crippen molar-refractivity contribution < 1.29 is 14.7 Å². The maximum absolute atomic E-state index is 12.8. The van der Waals surface area contributed by atoms with Crippen molar-refractivity contribution in [2.24, 2.45) is 4.99 Å². The first-order valence-electron chi connectivity index (χ1n) is 12.8. The van der Waals surface area contributed by atoms with Crippen LogP contribution in [-0.4, -0.2) is 40.8 Å². The van der Waals surface area contributed by atoms with Gasteiger partial charge in [-0.25, -0.2) is 15.2 Å². The number of hydrogen-bond donors (Lipinski definition) is 3. The molecule has 1 aromatic heterocycles. The van der Waals surface area contributed by atoms with Gasteiger partial charge in [0.1, 0.15) is 5.70 Å². The number of amides is 2. The normalized spacial score (nSPS) is 13.3. The molecule has 1 aliphatic carbocycles. The number of carbonyl (C=O) groups excluding carboxylic acids is 1. The molecule has 2 amide bonds. The van der Waals surface area contributed by atoms with Crippen molar-refractivity contribution in [1.29, 1.82) is 0 Å². The van der Waals surface area contributed by atoms with Gasteiger partial charge >= 0.3 is 6.03 Å². The van der Waals surface area contributed by atoms with E-state index in [1.165, 1.54) is 5.56 Å². The van der Waals surface area contributed by atoms with Crippen LogP contribution in [0.1, 0.15) is 70.9 Å².